The summed E-state index contributed by atoms with van der Waals surface area (Å²) in [6.07, 6.45) is 12.1. The molecule has 3 aromatic rings. The molecule has 0 saturated carbocycles. The molecule has 24 heavy (non-hydrogen) atoms. The predicted octanol–water partition coefficient (Wildman–Crippen LogP) is 5.97. The Morgan fingerprint density at radius 1 is 1.00 bits per heavy atom. The zero-order valence-corrected chi connectivity index (χ0v) is 14.7. The highest BCUT2D eigenvalue weighted by Gasteiger charge is 2.10. The van der Waals surface area contributed by atoms with Gasteiger partial charge in [0.05, 0.1) is 12.0 Å². The van der Waals surface area contributed by atoms with Crippen molar-refractivity contribution in [1.82, 2.24) is 9.55 Å². The lowest BCUT2D eigenvalue weighted by atomic mass is 9.94. The minimum atomic E-state index is 1.13. The standard InChI is InChI=1S/C22H26N2/c1-3-4-5-7-12-20-15-18(2)21(19-10-8-6-9-11-19)16-22(20)24-14-13-23-17-24/h6,8-11,13-17H,3-5,7,12H2,1-2H3. The summed E-state index contributed by atoms with van der Waals surface area (Å²) in [6.45, 7) is 4.48. The van der Waals surface area contributed by atoms with Crippen molar-refractivity contribution in [2.24, 2.45) is 0 Å². The van der Waals surface area contributed by atoms with E-state index in [1.165, 1.54) is 53.6 Å². The van der Waals surface area contributed by atoms with Crippen LogP contribution in [0.5, 0.6) is 0 Å². The molecule has 0 N–H and O–H groups in total. The predicted molar refractivity (Wildman–Crippen MR) is 102 cm³/mol. The van der Waals surface area contributed by atoms with E-state index in [2.05, 4.69) is 65.9 Å². The Hall–Kier alpha value is -2.35. The zero-order chi connectivity index (χ0) is 16.8. The monoisotopic (exact) mass is 318 g/mol. The summed E-state index contributed by atoms with van der Waals surface area (Å²) in [5.41, 5.74) is 6.59. The van der Waals surface area contributed by atoms with Crippen molar-refractivity contribution in [1.29, 1.82) is 0 Å². The molecule has 124 valence electrons. The second-order valence-corrected chi connectivity index (χ2v) is 6.44. The third-order valence-corrected chi connectivity index (χ3v) is 4.59. The first-order valence-electron chi connectivity index (χ1n) is 8.97. The van der Waals surface area contributed by atoms with E-state index >= 15 is 0 Å². The van der Waals surface area contributed by atoms with Gasteiger partial charge in [-0.3, -0.25) is 0 Å². The smallest absolute Gasteiger partial charge is 0.0991 e. The zero-order valence-electron chi connectivity index (χ0n) is 14.7. The molecule has 0 radical (unpaired) electrons. The quantitative estimate of drug-likeness (QED) is 0.491. The van der Waals surface area contributed by atoms with Crippen LogP contribution in [0.15, 0.2) is 61.2 Å². The van der Waals surface area contributed by atoms with E-state index in [4.69, 9.17) is 0 Å². The van der Waals surface area contributed by atoms with Gasteiger partial charge in [0.1, 0.15) is 0 Å². The maximum Gasteiger partial charge on any atom is 0.0991 e. The third-order valence-electron chi connectivity index (χ3n) is 4.59. The van der Waals surface area contributed by atoms with Crippen LogP contribution >= 0.6 is 0 Å². The molecular formula is C22H26N2. The fraction of sp³-hybridized carbons (Fsp3) is 0.318. The van der Waals surface area contributed by atoms with Crippen molar-refractivity contribution in [3.8, 4) is 16.8 Å². The van der Waals surface area contributed by atoms with Crippen LogP contribution in [0.2, 0.25) is 0 Å². The molecule has 1 heterocycles. The lowest BCUT2D eigenvalue weighted by Gasteiger charge is -2.16. The number of hydrogen-bond acceptors (Lipinski definition) is 1. The lowest BCUT2D eigenvalue weighted by molar-refractivity contribution is 0.665. The second-order valence-electron chi connectivity index (χ2n) is 6.44. The van der Waals surface area contributed by atoms with Gasteiger partial charge in [-0.25, -0.2) is 4.98 Å². The van der Waals surface area contributed by atoms with Gasteiger partial charge >= 0.3 is 0 Å². The average molecular weight is 318 g/mol. The Morgan fingerprint density at radius 3 is 2.54 bits per heavy atom. The van der Waals surface area contributed by atoms with Gasteiger partial charge in [-0.1, -0.05) is 62.6 Å². The Bertz CT molecular complexity index is 758. The van der Waals surface area contributed by atoms with Gasteiger partial charge in [0.25, 0.3) is 0 Å². The molecule has 2 nitrogen and oxygen atoms in total. The molecule has 0 spiro atoms. The summed E-state index contributed by atoms with van der Waals surface area (Å²) in [5.74, 6) is 0. The molecule has 0 amide bonds. The summed E-state index contributed by atoms with van der Waals surface area (Å²) >= 11 is 0. The van der Waals surface area contributed by atoms with Crippen molar-refractivity contribution in [3.63, 3.8) is 0 Å². The highest BCUT2D eigenvalue weighted by molar-refractivity contribution is 5.71. The molecular weight excluding hydrogens is 292 g/mol. The number of benzene rings is 2. The third kappa shape index (κ3) is 3.76. The number of aromatic nitrogens is 2. The van der Waals surface area contributed by atoms with E-state index in [9.17, 15) is 0 Å². The van der Waals surface area contributed by atoms with E-state index in [1.54, 1.807) is 0 Å². The molecule has 0 bridgehead atoms. The van der Waals surface area contributed by atoms with Gasteiger partial charge in [-0.05, 0) is 48.1 Å². The van der Waals surface area contributed by atoms with Crippen LogP contribution in [0.3, 0.4) is 0 Å². The number of nitrogens with zero attached hydrogens (tertiary/aromatic N) is 2. The molecule has 0 unspecified atom stereocenters. The Balaban J connectivity index is 1.98. The molecule has 0 aliphatic rings. The molecule has 2 aromatic carbocycles. The van der Waals surface area contributed by atoms with Gasteiger partial charge in [-0.2, -0.15) is 0 Å². The van der Waals surface area contributed by atoms with Gasteiger partial charge < -0.3 is 4.57 Å². The first kappa shape index (κ1) is 16.5. The summed E-state index contributed by atoms with van der Waals surface area (Å²) in [7, 11) is 0. The van der Waals surface area contributed by atoms with Gasteiger partial charge in [0.2, 0.25) is 0 Å². The molecule has 0 aliphatic heterocycles. The van der Waals surface area contributed by atoms with Crippen molar-refractivity contribution >= 4 is 0 Å². The van der Waals surface area contributed by atoms with Crippen LogP contribution in [-0.4, -0.2) is 9.55 Å². The summed E-state index contributed by atoms with van der Waals surface area (Å²) < 4.78 is 2.14. The highest BCUT2D eigenvalue weighted by atomic mass is 15.0. The summed E-state index contributed by atoms with van der Waals surface area (Å²) in [4.78, 5) is 4.24. The summed E-state index contributed by atoms with van der Waals surface area (Å²) in [5, 5.41) is 0. The first-order valence-corrected chi connectivity index (χ1v) is 8.97. The van der Waals surface area contributed by atoms with Crippen LogP contribution < -0.4 is 0 Å². The summed E-state index contributed by atoms with van der Waals surface area (Å²) in [6, 6.07) is 15.3. The SMILES string of the molecule is CCCCCCc1cc(C)c(-c2ccccc2)cc1-n1ccnc1. The molecule has 0 saturated heterocycles. The second kappa shape index (κ2) is 7.96. The van der Waals surface area contributed by atoms with Crippen molar-refractivity contribution in [3.05, 3.63) is 72.3 Å². The highest BCUT2D eigenvalue weighted by Crippen LogP contribution is 2.29. The number of hydrogen-bond donors (Lipinski definition) is 0. The van der Waals surface area contributed by atoms with Gasteiger partial charge in [0, 0.05) is 12.4 Å². The number of aryl methyl sites for hydroxylation is 2. The van der Waals surface area contributed by atoms with E-state index in [0.717, 1.165) is 6.42 Å². The topological polar surface area (TPSA) is 17.8 Å². The van der Waals surface area contributed by atoms with Crippen molar-refractivity contribution in [2.45, 2.75) is 46.0 Å². The Labute approximate surface area is 145 Å². The van der Waals surface area contributed by atoms with Crippen LogP contribution in [0.4, 0.5) is 0 Å². The number of imidazole rings is 1. The van der Waals surface area contributed by atoms with E-state index in [1.807, 2.05) is 18.7 Å². The number of rotatable bonds is 7. The number of unbranched alkanes of at least 4 members (excludes halogenated alkanes) is 3. The van der Waals surface area contributed by atoms with Crippen LogP contribution in [0.25, 0.3) is 16.8 Å². The van der Waals surface area contributed by atoms with E-state index < -0.39 is 0 Å². The van der Waals surface area contributed by atoms with Crippen LogP contribution in [0, 0.1) is 6.92 Å². The van der Waals surface area contributed by atoms with E-state index in [0.29, 0.717) is 0 Å². The van der Waals surface area contributed by atoms with E-state index in [-0.39, 0.29) is 0 Å². The molecule has 0 fully saturated rings. The molecule has 2 heteroatoms. The van der Waals surface area contributed by atoms with Gasteiger partial charge in [-0.15, -0.1) is 0 Å². The van der Waals surface area contributed by atoms with Crippen molar-refractivity contribution < 1.29 is 0 Å². The largest absolute Gasteiger partial charge is 0.306 e. The Morgan fingerprint density at radius 2 is 1.83 bits per heavy atom. The molecule has 0 aliphatic carbocycles. The van der Waals surface area contributed by atoms with Crippen LogP contribution in [0.1, 0.15) is 43.7 Å². The molecule has 0 atom stereocenters. The molecule has 3 rings (SSSR count). The minimum absolute atomic E-state index is 1.13. The fourth-order valence-corrected chi connectivity index (χ4v) is 3.27. The lowest BCUT2D eigenvalue weighted by Crippen LogP contribution is -2.00. The van der Waals surface area contributed by atoms with Gasteiger partial charge in [0.15, 0.2) is 0 Å². The maximum atomic E-state index is 4.24. The average Bonchev–Trinajstić information content (AvgIpc) is 3.14. The Kier molecular flexibility index (Phi) is 5.47. The van der Waals surface area contributed by atoms with Crippen molar-refractivity contribution in [2.75, 3.05) is 0 Å². The molecule has 1 aromatic heterocycles. The normalized spacial score (nSPS) is 10.9. The first-order chi connectivity index (χ1) is 11.8. The maximum absolute atomic E-state index is 4.24. The minimum Gasteiger partial charge on any atom is -0.306 e. The van der Waals surface area contributed by atoms with Crippen LogP contribution in [-0.2, 0) is 6.42 Å². The fourth-order valence-electron chi connectivity index (χ4n) is 3.27.